The first-order valence-corrected chi connectivity index (χ1v) is 6.13. The van der Waals surface area contributed by atoms with E-state index in [9.17, 15) is 5.11 Å². The maximum Gasteiger partial charge on any atom is 0.119 e. The number of hydrogen-bond acceptors (Lipinski definition) is 2. The zero-order chi connectivity index (χ0) is 11.4. The monoisotopic (exact) mass is 220 g/mol. The molecule has 0 heterocycles. The van der Waals surface area contributed by atoms with Crippen molar-refractivity contribution in [3.05, 3.63) is 29.8 Å². The zero-order valence-corrected chi connectivity index (χ0v) is 9.86. The number of aryl methyl sites for hydroxylation is 1. The maximum atomic E-state index is 9.82. The van der Waals surface area contributed by atoms with Crippen LogP contribution < -0.4 is 4.74 Å². The molecule has 2 unspecified atom stereocenters. The number of benzene rings is 1. The molecule has 1 aromatic carbocycles. The van der Waals surface area contributed by atoms with Gasteiger partial charge in [0, 0.05) is 5.92 Å². The van der Waals surface area contributed by atoms with Crippen LogP contribution in [0.5, 0.6) is 5.75 Å². The molecule has 1 fully saturated rings. The molecule has 16 heavy (non-hydrogen) atoms. The Balaban J connectivity index is 1.86. The second-order valence-electron chi connectivity index (χ2n) is 4.74. The molecule has 0 aromatic heterocycles. The molecule has 0 saturated heterocycles. The normalized spacial score (nSPS) is 25.4. The number of aliphatic hydroxyl groups is 1. The molecule has 1 aliphatic rings. The number of hydrogen-bond donors (Lipinski definition) is 1. The van der Waals surface area contributed by atoms with Crippen molar-refractivity contribution >= 4 is 0 Å². The van der Waals surface area contributed by atoms with Gasteiger partial charge in [-0.15, -0.1) is 0 Å². The molecule has 2 rings (SSSR count). The van der Waals surface area contributed by atoms with Crippen molar-refractivity contribution < 1.29 is 9.84 Å². The summed E-state index contributed by atoms with van der Waals surface area (Å²) in [6.45, 7) is 2.70. The minimum atomic E-state index is -0.168. The molecule has 0 bridgehead atoms. The van der Waals surface area contributed by atoms with Crippen LogP contribution in [0.3, 0.4) is 0 Å². The Bertz CT molecular complexity index is 335. The van der Waals surface area contributed by atoms with Gasteiger partial charge < -0.3 is 9.84 Å². The second-order valence-corrected chi connectivity index (χ2v) is 4.74. The van der Waals surface area contributed by atoms with Crippen molar-refractivity contribution in [3.63, 3.8) is 0 Å². The summed E-state index contributed by atoms with van der Waals surface area (Å²) >= 11 is 0. The van der Waals surface area contributed by atoms with Crippen LogP contribution in [0, 0.1) is 12.8 Å². The number of aliphatic hydroxyl groups excluding tert-OH is 1. The first-order valence-electron chi connectivity index (χ1n) is 6.13. The zero-order valence-electron chi connectivity index (χ0n) is 9.86. The summed E-state index contributed by atoms with van der Waals surface area (Å²) in [6, 6.07) is 8.07. The topological polar surface area (TPSA) is 29.5 Å². The smallest absolute Gasteiger partial charge is 0.119 e. The Morgan fingerprint density at radius 3 is 2.88 bits per heavy atom. The lowest BCUT2D eigenvalue weighted by atomic mass is 9.87. The molecule has 0 spiro atoms. The molecular formula is C14H20O2. The minimum Gasteiger partial charge on any atom is -0.493 e. The van der Waals surface area contributed by atoms with E-state index in [1.165, 1.54) is 12.0 Å². The molecule has 2 nitrogen and oxygen atoms in total. The lowest BCUT2D eigenvalue weighted by Gasteiger charge is -2.27. The Labute approximate surface area is 97.3 Å². The second kappa shape index (κ2) is 5.35. The third-order valence-corrected chi connectivity index (χ3v) is 3.32. The Kier molecular flexibility index (Phi) is 3.83. The molecule has 1 aromatic rings. The Morgan fingerprint density at radius 2 is 2.12 bits per heavy atom. The van der Waals surface area contributed by atoms with Crippen molar-refractivity contribution in [2.45, 2.75) is 38.7 Å². The summed E-state index contributed by atoms with van der Waals surface area (Å²) in [4.78, 5) is 0. The van der Waals surface area contributed by atoms with Crippen molar-refractivity contribution in [1.82, 2.24) is 0 Å². The van der Waals surface area contributed by atoms with Crippen molar-refractivity contribution in [2.75, 3.05) is 6.61 Å². The van der Waals surface area contributed by atoms with E-state index in [2.05, 4.69) is 13.0 Å². The van der Waals surface area contributed by atoms with E-state index in [1.807, 2.05) is 18.2 Å². The highest BCUT2D eigenvalue weighted by Gasteiger charge is 2.23. The van der Waals surface area contributed by atoms with Crippen LogP contribution in [-0.4, -0.2) is 17.8 Å². The third kappa shape index (κ3) is 2.99. The van der Waals surface area contributed by atoms with Gasteiger partial charge >= 0.3 is 0 Å². The number of rotatable bonds is 3. The average molecular weight is 220 g/mol. The van der Waals surface area contributed by atoms with E-state index >= 15 is 0 Å². The van der Waals surface area contributed by atoms with Gasteiger partial charge in [0.05, 0.1) is 12.7 Å². The minimum absolute atomic E-state index is 0.168. The fourth-order valence-corrected chi connectivity index (χ4v) is 2.29. The van der Waals surface area contributed by atoms with E-state index < -0.39 is 0 Å². The van der Waals surface area contributed by atoms with E-state index in [1.54, 1.807) is 0 Å². The van der Waals surface area contributed by atoms with E-state index in [0.717, 1.165) is 25.0 Å². The summed E-state index contributed by atoms with van der Waals surface area (Å²) in [5.74, 6) is 1.23. The lowest BCUT2D eigenvalue weighted by molar-refractivity contribution is 0.0422. The average Bonchev–Trinajstić information content (AvgIpc) is 2.28. The SMILES string of the molecule is Cc1cccc(OCC2CCCCC2O)c1. The van der Waals surface area contributed by atoms with Crippen molar-refractivity contribution in [3.8, 4) is 5.75 Å². The van der Waals surface area contributed by atoms with E-state index in [0.29, 0.717) is 12.5 Å². The molecular weight excluding hydrogens is 200 g/mol. The Hall–Kier alpha value is -1.02. The number of ether oxygens (including phenoxy) is 1. The van der Waals surface area contributed by atoms with Crippen LogP contribution in [0.1, 0.15) is 31.2 Å². The summed E-state index contributed by atoms with van der Waals surface area (Å²) in [6.07, 6.45) is 4.23. The highest BCUT2D eigenvalue weighted by Crippen LogP contribution is 2.25. The summed E-state index contributed by atoms with van der Waals surface area (Å²) < 4.78 is 5.74. The van der Waals surface area contributed by atoms with Crippen molar-refractivity contribution in [2.24, 2.45) is 5.92 Å². The van der Waals surface area contributed by atoms with Gasteiger partial charge in [0.15, 0.2) is 0 Å². The molecule has 0 radical (unpaired) electrons. The predicted octanol–water partition coefficient (Wildman–Crippen LogP) is 2.92. The molecule has 1 N–H and O–H groups in total. The van der Waals surface area contributed by atoms with E-state index in [-0.39, 0.29) is 6.10 Å². The summed E-state index contributed by atoms with van der Waals surface area (Å²) in [5, 5.41) is 9.82. The van der Waals surface area contributed by atoms with Crippen LogP contribution in [0.15, 0.2) is 24.3 Å². The molecule has 0 amide bonds. The highest BCUT2D eigenvalue weighted by molar-refractivity contribution is 5.27. The van der Waals surface area contributed by atoms with Gasteiger partial charge in [-0.05, 0) is 37.5 Å². The van der Waals surface area contributed by atoms with E-state index in [4.69, 9.17) is 4.74 Å². The van der Waals surface area contributed by atoms with Crippen LogP contribution in [0.4, 0.5) is 0 Å². The predicted molar refractivity (Wildman–Crippen MR) is 64.6 cm³/mol. The van der Waals surface area contributed by atoms with Gasteiger partial charge in [-0.3, -0.25) is 0 Å². The van der Waals surface area contributed by atoms with Gasteiger partial charge in [-0.1, -0.05) is 25.0 Å². The summed E-state index contributed by atoms with van der Waals surface area (Å²) in [7, 11) is 0. The van der Waals surface area contributed by atoms with Gasteiger partial charge in [0.25, 0.3) is 0 Å². The van der Waals surface area contributed by atoms with Gasteiger partial charge in [-0.25, -0.2) is 0 Å². The molecule has 0 aliphatic heterocycles. The fraction of sp³-hybridized carbons (Fsp3) is 0.571. The standard InChI is InChI=1S/C14H20O2/c1-11-5-4-7-13(9-11)16-10-12-6-2-3-8-14(12)15/h4-5,7,9,12,14-15H,2-3,6,8,10H2,1H3. The van der Waals surface area contributed by atoms with Crippen LogP contribution in [0.25, 0.3) is 0 Å². The van der Waals surface area contributed by atoms with Gasteiger partial charge in [0.1, 0.15) is 5.75 Å². The largest absolute Gasteiger partial charge is 0.493 e. The quantitative estimate of drug-likeness (QED) is 0.848. The first-order chi connectivity index (χ1) is 7.75. The lowest BCUT2D eigenvalue weighted by Crippen LogP contribution is -2.29. The summed E-state index contributed by atoms with van der Waals surface area (Å²) in [5.41, 5.74) is 1.21. The molecule has 1 aliphatic carbocycles. The molecule has 2 heteroatoms. The van der Waals surface area contributed by atoms with Crippen LogP contribution >= 0.6 is 0 Å². The van der Waals surface area contributed by atoms with Crippen LogP contribution in [0.2, 0.25) is 0 Å². The maximum absolute atomic E-state index is 9.82. The first kappa shape index (κ1) is 11.5. The van der Waals surface area contributed by atoms with Crippen molar-refractivity contribution in [1.29, 1.82) is 0 Å². The molecule has 2 atom stereocenters. The van der Waals surface area contributed by atoms with Crippen LogP contribution in [-0.2, 0) is 0 Å². The molecule has 1 saturated carbocycles. The van der Waals surface area contributed by atoms with Gasteiger partial charge in [-0.2, -0.15) is 0 Å². The van der Waals surface area contributed by atoms with Gasteiger partial charge in [0.2, 0.25) is 0 Å². The highest BCUT2D eigenvalue weighted by atomic mass is 16.5. The Morgan fingerprint density at radius 1 is 1.31 bits per heavy atom. The molecule has 88 valence electrons. The third-order valence-electron chi connectivity index (χ3n) is 3.32. The fourth-order valence-electron chi connectivity index (χ4n) is 2.29.